The van der Waals surface area contributed by atoms with Gasteiger partial charge in [-0.25, -0.2) is 0 Å². The van der Waals surface area contributed by atoms with Crippen LogP contribution >= 0.6 is 11.8 Å². The molecule has 2 heterocycles. The summed E-state index contributed by atoms with van der Waals surface area (Å²) in [6.07, 6.45) is 1.38. The van der Waals surface area contributed by atoms with Gasteiger partial charge in [0.05, 0.1) is 17.3 Å². The molecule has 0 spiro atoms. The van der Waals surface area contributed by atoms with Crippen LogP contribution in [0.25, 0.3) is 11.3 Å². The molecule has 1 atom stereocenters. The molecular weight excluding hydrogens is 434 g/mol. The highest BCUT2D eigenvalue weighted by molar-refractivity contribution is 7.99. The van der Waals surface area contributed by atoms with Gasteiger partial charge in [0, 0.05) is 23.8 Å². The van der Waals surface area contributed by atoms with Crippen molar-refractivity contribution in [2.24, 2.45) is 0 Å². The second-order valence-electron chi connectivity index (χ2n) is 8.02. The number of carbonyl (C=O) groups excluding carboxylic acids is 1. The molecule has 0 saturated carbocycles. The predicted molar refractivity (Wildman–Crippen MR) is 128 cm³/mol. The Hall–Kier alpha value is -3.44. The second kappa shape index (κ2) is 9.59. The Balaban J connectivity index is 1.91. The number of benzene rings is 2. The minimum atomic E-state index is -0.762. The number of unbranched alkanes of at least 4 members (excludes halogenated alkanes) is 1. The van der Waals surface area contributed by atoms with Crippen molar-refractivity contribution in [1.82, 2.24) is 15.2 Å². The summed E-state index contributed by atoms with van der Waals surface area (Å²) in [5.41, 5.74) is 5.25. The molecule has 0 bridgehead atoms. The summed E-state index contributed by atoms with van der Waals surface area (Å²) in [6.45, 7) is 7.63. The van der Waals surface area contributed by atoms with E-state index in [1.807, 2.05) is 26.0 Å². The van der Waals surface area contributed by atoms with Gasteiger partial charge in [0.1, 0.15) is 0 Å². The first-order valence-electron chi connectivity index (χ1n) is 10.9. The van der Waals surface area contributed by atoms with E-state index < -0.39 is 6.23 Å². The maximum atomic E-state index is 13.0. The van der Waals surface area contributed by atoms with Crippen molar-refractivity contribution in [3.05, 3.63) is 58.7 Å². The zero-order valence-corrected chi connectivity index (χ0v) is 19.9. The number of anilines is 1. The van der Waals surface area contributed by atoms with E-state index in [1.54, 1.807) is 29.2 Å². The second-order valence-corrected chi connectivity index (χ2v) is 9.08. The molecule has 7 nitrogen and oxygen atoms in total. The molecular formula is C25H25N5O2S. The highest BCUT2D eigenvalue weighted by atomic mass is 32.2. The Labute approximate surface area is 197 Å². The lowest BCUT2D eigenvalue weighted by Crippen LogP contribution is -2.36. The van der Waals surface area contributed by atoms with Crippen LogP contribution in [-0.4, -0.2) is 26.8 Å². The third-order valence-electron chi connectivity index (χ3n) is 5.43. The van der Waals surface area contributed by atoms with Crippen molar-refractivity contribution in [2.45, 2.75) is 51.9 Å². The molecule has 3 aromatic rings. The molecule has 0 radical (unpaired) electrons. The lowest BCUT2D eigenvalue weighted by Gasteiger charge is -2.31. The highest BCUT2D eigenvalue weighted by Gasteiger charge is 2.35. The number of nitriles is 1. The Morgan fingerprint density at radius 2 is 1.97 bits per heavy atom. The smallest absolute Gasteiger partial charge is 0.247 e. The van der Waals surface area contributed by atoms with E-state index >= 15 is 0 Å². The number of hydrogen-bond acceptors (Lipinski definition) is 7. The lowest BCUT2D eigenvalue weighted by molar-refractivity contribution is -0.118. The number of thioether (sulfide) groups is 1. The predicted octanol–water partition coefficient (Wildman–Crippen LogP) is 5.36. The summed E-state index contributed by atoms with van der Waals surface area (Å²) in [7, 11) is 0. The van der Waals surface area contributed by atoms with E-state index in [4.69, 9.17) is 4.74 Å². The quantitative estimate of drug-likeness (QED) is 0.374. The number of aromatic nitrogens is 3. The molecule has 1 amide bonds. The molecule has 1 aliphatic heterocycles. The van der Waals surface area contributed by atoms with Crippen LogP contribution in [0, 0.1) is 25.2 Å². The van der Waals surface area contributed by atoms with Gasteiger partial charge in [0.2, 0.25) is 23.2 Å². The third-order valence-corrected chi connectivity index (χ3v) is 6.35. The first-order valence-corrected chi connectivity index (χ1v) is 11.9. The standard InChI is InChI=1S/C25H25N5O2S/c1-5-6-11-33-25-27-23-21(28-29-25)20-13-15(2)12-16(3)22(20)30(17(4)31)24(32-23)19-9-7-18(14-26)8-10-19/h7-10,12-13,24H,5-6,11H2,1-4H3/t24-/m1/s1. The monoisotopic (exact) mass is 459 g/mol. The van der Waals surface area contributed by atoms with Gasteiger partial charge in [-0.05, 0) is 44.0 Å². The zero-order valence-electron chi connectivity index (χ0n) is 19.1. The molecule has 8 heteroatoms. The maximum Gasteiger partial charge on any atom is 0.247 e. The number of rotatable bonds is 5. The van der Waals surface area contributed by atoms with E-state index in [-0.39, 0.29) is 5.91 Å². The van der Waals surface area contributed by atoms with E-state index in [2.05, 4.69) is 28.2 Å². The summed E-state index contributed by atoms with van der Waals surface area (Å²) in [4.78, 5) is 19.3. The summed E-state index contributed by atoms with van der Waals surface area (Å²) in [5, 5.41) is 18.6. The van der Waals surface area contributed by atoms with Crippen LogP contribution in [0.4, 0.5) is 5.69 Å². The van der Waals surface area contributed by atoms with Crippen LogP contribution in [0.15, 0.2) is 41.6 Å². The van der Waals surface area contributed by atoms with Crippen LogP contribution < -0.4 is 9.64 Å². The zero-order chi connectivity index (χ0) is 23.5. The van der Waals surface area contributed by atoms with Crippen LogP contribution in [0.3, 0.4) is 0 Å². The molecule has 0 aliphatic carbocycles. The number of fused-ring (bicyclic) bond motifs is 3. The molecule has 0 N–H and O–H groups in total. The normalized spacial score (nSPS) is 14.5. The van der Waals surface area contributed by atoms with Crippen molar-refractivity contribution < 1.29 is 9.53 Å². The molecule has 0 saturated heterocycles. The van der Waals surface area contributed by atoms with Crippen molar-refractivity contribution >= 4 is 23.4 Å². The van der Waals surface area contributed by atoms with E-state index in [0.717, 1.165) is 46.5 Å². The first kappa shape index (κ1) is 22.7. The third kappa shape index (κ3) is 4.55. The van der Waals surface area contributed by atoms with Crippen molar-refractivity contribution in [2.75, 3.05) is 10.7 Å². The number of hydrogen-bond donors (Lipinski definition) is 0. The number of aryl methyl sites for hydroxylation is 2. The van der Waals surface area contributed by atoms with Crippen LogP contribution in [-0.2, 0) is 4.79 Å². The van der Waals surface area contributed by atoms with Gasteiger partial charge < -0.3 is 4.74 Å². The van der Waals surface area contributed by atoms with Gasteiger partial charge >= 0.3 is 0 Å². The van der Waals surface area contributed by atoms with Crippen molar-refractivity contribution in [3.63, 3.8) is 0 Å². The fourth-order valence-corrected chi connectivity index (χ4v) is 4.78. The average Bonchev–Trinajstić information content (AvgIpc) is 2.94. The number of amides is 1. The molecule has 168 valence electrons. The molecule has 33 heavy (non-hydrogen) atoms. The van der Waals surface area contributed by atoms with Gasteiger partial charge in [0.25, 0.3) is 0 Å². The lowest BCUT2D eigenvalue weighted by atomic mass is 10.00. The maximum absolute atomic E-state index is 13.0. The summed E-state index contributed by atoms with van der Waals surface area (Å²) < 4.78 is 6.41. The topological polar surface area (TPSA) is 92.0 Å². The minimum absolute atomic E-state index is 0.170. The minimum Gasteiger partial charge on any atom is -0.447 e. The summed E-state index contributed by atoms with van der Waals surface area (Å²) in [5.74, 6) is 1.06. The largest absolute Gasteiger partial charge is 0.447 e. The molecule has 0 fully saturated rings. The Bertz CT molecular complexity index is 1240. The van der Waals surface area contributed by atoms with Gasteiger partial charge in [-0.15, -0.1) is 10.2 Å². The Morgan fingerprint density at radius 1 is 1.21 bits per heavy atom. The molecule has 0 unspecified atom stereocenters. The van der Waals surface area contributed by atoms with Crippen LogP contribution in [0.1, 0.15) is 55.2 Å². The van der Waals surface area contributed by atoms with Crippen LogP contribution in [0.2, 0.25) is 0 Å². The summed E-state index contributed by atoms with van der Waals surface area (Å²) in [6, 6.07) is 13.2. The van der Waals surface area contributed by atoms with E-state index in [0.29, 0.717) is 22.3 Å². The van der Waals surface area contributed by atoms with E-state index in [1.165, 1.54) is 18.7 Å². The van der Waals surface area contributed by atoms with Crippen LogP contribution in [0.5, 0.6) is 5.88 Å². The van der Waals surface area contributed by atoms with Gasteiger partial charge in [-0.1, -0.05) is 48.9 Å². The Morgan fingerprint density at radius 3 is 2.64 bits per heavy atom. The van der Waals surface area contributed by atoms with Crippen molar-refractivity contribution in [3.8, 4) is 23.2 Å². The van der Waals surface area contributed by atoms with Gasteiger partial charge in [-0.3, -0.25) is 9.69 Å². The highest BCUT2D eigenvalue weighted by Crippen LogP contribution is 2.45. The fourth-order valence-electron chi connectivity index (χ4n) is 3.92. The fraction of sp³-hybridized carbons (Fsp3) is 0.320. The molecule has 1 aliphatic rings. The first-order chi connectivity index (χ1) is 15.9. The van der Waals surface area contributed by atoms with Crippen molar-refractivity contribution in [1.29, 1.82) is 5.26 Å². The molecule has 4 rings (SSSR count). The number of nitrogens with zero attached hydrogens (tertiary/aromatic N) is 5. The number of carbonyl (C=O) groups is 1. The van der Waals surface area contributed by atoms with Gasteiger partial charge in [0.15, 0.2) is 5.69 Å². The SMILES string of the molecule is CCCCSc1nnc2c(n1)O[C@H](c1ccc(C#N)cc1)N(C(C)=O)c1c(C)cc(C)cc1-2. The Kier molecular flexibility index (Phi) is 6.61. The summed E-state index contributed by atoms with van der Waals surface area (Å²) >= 11 is 1.54. The van der Waals surface area contributed by atoms with E-state index in [9.17, 15) is 10.1 Å². The number of ether oxygens (including phenoxy) is 1. The molecule has 2 aromatic carbocycles. The van der Waals surface area contributed by atoms with Gasteiger partial charge in [-0.2, -0.15) is 10.2 Å². The average molecular weight is 460 g/mol. The molecule has 1 aromatic heterocycles.